The minimum Gasteiger partial charge on any atom is -0.387 e. The number of likely N-dealkylation sites (tertiary alicyclic amines) is 1. The van der Waals surface area contributed by atoms with Gasteiger partial charge in [-0.15, -0.1) is 0 Å². The normalized spacial score (nSPS) is 24.6. The predicted molar refractivity (Wildman–Crippen MR) is 196 cm³/mol. The van der Waals surface area contributed by atoms with E-state index in [0.29, 0.717) is 25.9 Å². The highest BCUT2D eigenvalue weighted by atomic mass is 16.7. The van der Waals surface area contributed by atoms with Crippen molar-refractivity contribution < 1.29 is 28.8 Å². The van der Waals surface area contributed by atoms with Gasteiger partial charge in [-0.05, 0) is 55.4 Å². The molecule has 3 unspecified atom stereocenters. The molecule has 2 aliphatic carbocycles. The van der Waals surface area contributed by atoms with Crippen molar-refractivity contribution in [1.82, 2.24) is 20.9 Å². The lowest BCUT2D eigenvalue weighted by Crippen LogP contribution is -2.61. The third kappa shape index (κ3) is 9.68. The molecule has 1 spiro atoms. The SMILES string of the molecule is CCCOC(C(=O)NC1CC1)[C@H](CCC)NC(=O)C1C[C@]2(CC(c3ccccc3)=NO2)CN1C(=O)C(NC(=O)[C@@H](N)C1CCCCC1)C(C)(C)C. The lowest BCUT2D eigenvalue weighted by atomic mass is 9.82. The molecule has 12 nitrogen and oxygen atoms in total. The number of hydrogen-bond donors (Lipinski definition) is 4. The van der Waals surface area contributed by atoms with Gasteiger partial charge in [-0.2, -0.15) is 0 Å². The number of rotatable bonds is 15. The van der Waals surface area contributed by atoms with Crippen LogP contribution >= 0.6 is 0 Å². The van der Waals surface area contributed by atoms with Crippen LogP contribution in [0.5, 0.6) is 0 Å². The number of amides is 4. The third-order valence-electron chi connectivity index (χ3n) is 10.8. The fourth-order valence-electron chi connectivity index (χ4n) is 7.69. The summed E-state index contributed by atoms with van der Waals surface area (Å²) in [6.07, 6.45) is 8.56. The van der Waals surface area contributed by atoms with E-state index in [4.69, 9.17) is 15.3 Å². The Morgan fingerprint density at radius 2 is 1.71 bits per heavy atom. The number of nitrogens with zero attached hydrogens (tertiary/aromatic N) is 2. The number of carbonyl (C=O) groups is 4. The highest BCUT2D eigenvalue weighted by Gasteiger charge is 2.56. The van der Waals surface area contributed by atoms with E-state index < -0.39 is 47.2 Å². The van der Waals surface area contributed by atoms with Crippen LogP contribution in [0.3, 0.4) is 0 Å². The van der Waals surface area contributed by atoms with Gasteiger partial charge < -0.3 is 36.2 Å². The number of benzene rings is 1. The summed E-state index contributed by atoms with van der Waals surface area (Å²) in [7, 11) is 0. The summed E-state index contributed by atoms with van der Waals surface area (Å²) in [5.41, 5.74) is 6.54. The van der Waals surface area contributed by atoms with Gasteiger partial charge >= 0.3 is 0 Å². The first kappa shape index (κ1) is 38.7. The Bertz CT molecular complexity index is 1400. The maximum absolute atomic E-state index is 14.8. The summed E-state index contributed by atoms with van der Waals surface area (Å²) in [5.74, 6) is -1.28. The Balaban J connectivity index is 1.41. The Kier molecular flexibility index (Phi) is 12.8. The minimum absolute atomic E-state index is 0.0685. The molecule has 0 radical (unpaired) electrons. The van der Waals surface area contributed by atoms with Gasteiger partial charge in [0.05, 0.1) is 24.3 Å². The number of carbonyl (C=O) groups excluding carboxylic acids is 4. The maximum atomic E-state index is 14.8. The lowest BCUT2D eigenvalue weighted by Gasteiger charge is -2.37. The van der Waals surface area contributed by atoms with E-state index in [9.17, 15) is 19.2 Å². The average molecular weight is 709 g/mol. The second-order valence-electron chi connectivity index (χ2n) is 16.3. The van der Waals surface area contributed by atoms with E-state index in [1.165, 1.54) is 0 Å². The van der Waals surface area contributed by atoms with Gasteiger partial charge in [0, 0.05) is 25.5 Å². The molecule has 2 aliphatic heterocycles. The van der Waals surface area contributed by atoms with Crippen LogP contribution in [0.1, 0.15) is 117 Å². The van der Waals surface area contributed by atoms with Gasteiger partial charge in [0.2, 0.25) is 17.7 Å². The van der Waals surface area contributed by atoms with Crippen LogP contribution in [-0.4, -0.2) is 89.3 Å². The van der Waals surface area contributed by atoms with Crippen molar-refractivity contribution in [1.29, 1.82) is 0 Å². The molecule has 0 aromatic heterocycles. The highest BCUT2D eigenvalue weighted by molar-refractivity contribution is 6.02. The predicted octanol–water partition coefficient (Wildman–Crippen LogP) is 3.95. The van der Waals surface area contributed by atoms with Crippen molar-refractivity contribution >= 4 is 29.3 Å². The minimum atomic E-state index is -0.947. The second-order valence-corrected chi connectivity index (χ2v) is 16.3. The van der Waals surface area contributed by atoms with Crippen LogP contribution in [0.15, 0.2) is 35.5 Å². The molecule has 5 rings (SSSR count). The molecule has 1 saturated heterocycles. The summed E-state index contributed by atoms with van der Waals surface area (Å²) in [5, 5.41) is 13.6. The largest absolute Gasteiger partial charge is 0.387 e. The van der Waals surface area contributed by atoms with E-state index in [-0.39, 0.29) is 42.6 Å². The fourth-order valence-corrected chi connectivity index (χ4v) is 7.69. The lowest BCUT2D eigenvalue weighted by molar-refractivity contribution is -0.145. The molecule has 1 aromatic carbocycles. The van der Waals surface area contributed by atoms with Crippen molar-refractivity contribution in [2.24, 2.45) is 22.2 Å². The number of nitrogens with two attached hydrogens (primary N) is 1. The molecular formula is C39H60N6O6. The Hall–Kier alpha value is -3.51. The quantitative estimate of drug-likeness (QED) is 0.214. The van der Waals surface area contributed by atoms with E-state index in [1.54, 1.807) is 4.90 Å². The van der Waals surface area contributed by atoms with Crippen LogP contribution in [0.25, 0.3) is 0 Å². The molecule has 3 fully saturated rings. The third-order valence-corrected chi connectivity index (χ3v) is 10.8. The maximum Gasteiger partial charge on any atom is 0.251 e. The van der Waals surface area contributed by atoms with Gasteiger partial charge in [-0.3, -0.25) is 19.2 Å². The van der Waals surface area contributed by atoms with Crippen molar-refractivity contribution in [2.45, 2.75) is 154 Å². The fraction of sp³-hybridized carbons (Fsp3) is 0.718. The first-order chi connectivity index (χ1) is 24.4. The smallest absolute Gasteiger partial charge is 0.251 e. The molecule has 6 atom stereocenters. The summed E-state index contributed by atoms with van der Waals surface area (Å²) in [4.78, 5) is 64.0. The molecular weight excluding hydrogens is 648 g/mol. The zero-order valence-corrected chi connectivity index (χ0v) is 31.2. The second kappa shape index (κ2) is 16.9. The molecule has 12 heteroatoms. The number of ether oxygens (including phenoxy) is 1. The molecule has 282 valence electrons. The van der Waals surface area contributed by atoms with Gasteiger partial charge in [0.15, 0.2) is 11.7 Å². The average Bonchev–Trinajstić information content (AvgIpc) is 3.71. The van der Waals surface area contributed by atoms with Crippen LogP contribution in [0.4, 0.5) is 0 Å². The molecule has 2 saturated carbocycles. The zero-order valence-electron chi connectivity index (χ0n) is 31.2. The van der Waals surface area contributed by atoms with E-state index >= 15 is 0 Å². The van der Waals surface area contributed by atoms with Gasteiger partial charge in [0.1, 0.15) is 12.1 Å². The summed E-state index contributed by atoms with van der Waals surface area (Å²) in [6, 6.07) is 6.65. The Morgan fingerprint density at radius 3 is 2.33 bits per heavy atom. The van der Waals surface area contributed by atoms with Gasteiger partial charge in [-0.25, -0.2) is 0 Å². The van der Waals surface area contributed by atoms with E-state index in [2.05, 4.69) is 21.1 Å². The number of hydrogen-bond acceptors (Lipinski definition) is 8. The van der Waals surface area contributed by atoms with Crippen LogP contribution in [-0.2, 0) is 28.8 Å². The highest BCUT2D eigenvalue weighted by Crippen LogP contribution is 2.40. The number of nitrogens with one attached hydrogen (secondary N) is 3. The van der Waals surface area contributed by atoms with Gasteiger partial charge in [-0.1, -0.05) is 95.8 Å². The molecule has 4 aliphatic rings. The molecule has 5 N–H and O–H groups in total. The van der Waals surface area contributed by atoms with Crippen LogP contribution in [0, 0.1) is 11.3 Å². The van der Waals surface area contributed by atoms with Crippen LogP contribution < -0.4 is 21.7 Å². The van der Waals surface area contributed by atoms with E-state index in [1.807, 2.05) is 65.0 Å². The van der Waals surface area contributed by atoms with Gasteiger partial charge in [0.25, 0.3) is 5.91 Å². The monoisotopic (exact) mass is 708 g/mol. The Labute approximate surface area is 303 Å². The van der Waals surface area contributed by atoms with Crippen molar-refractivity contribution in [3.05, 3.63) is 35.9 Å². The first-order valence-electron chi connectivity index (χ1n) is 19.2. The standard InChI is InChI=1S/C39H60N6O6/c1-6-14-28(32(50-21-7-2)36(48)41-27-19-20-27)42-34(46)30-23-39(22-29(44-51-39)25-15-10-8-11-16-25)24-45(30)37(49)33(38(3,4)5)43-35(47)31(40)26-17-12-9-13-18-26/h8,10-11,15-16,26-28,30-33H,6-7,9,12-14,17-24,40H2,1-5H3,(H,41,48)(H,42,46)(H,43,47)/t28-,30?,31-,32?,33?,39+/m0/s1. The molecule has 51 heavy (non-hydrogen) atoms. The first-order valence-corrected chi connectivity index (χ1v) is 19.2. The molecule has 0 bridgehead atoms. The summed E-state index contributed by atoms with van der Waals surface area (Å²) < 4.78 is 6.08. The molecule has 1 aromatic rings. The summed E-state index contributed by atoms with van der Waals surface area (Å²) in [6.45, 7) is 10.2. The number of oxime groups is 1. The van der Waals surface area contributed by atoms with Crippen molar-refractivity contribution in [3.63, 3.8) is 0 Å². The van der Waals surface area contributed by atoms with Crippen molar-refractivity contribution in [3.8, 4) is 0 Å². The topological polar surface area (TPSA) is 164 Å². The summed E-state index contributed by atoms with van der Waals surface area (Å²) >= 11 is 0. The van der Waals surface area contributed by atoms with Crippen LogP contribution in [0.2, 0.25) is 0 Å². The van der Waals surface area contributed by atoms with Crippen molar-refractivity contribution in [2.75, 3.05) is 13.2 Å². The van der Waals surface area contributed by atoms with E-state index in [0.717, 1.165) is 62.6 Å². The molecule has 4 amide bonds. The zero-order chi connectivity index (χ0) is 36.8. The Morgan fingerprint density at radius 1 is 1.00 bits per heavy atom. The molecule has 2 heterocycles.